The molecule has 0 radical (unpaired) electrons. The molecule has 100 valence electrons. The number of anilines is 1. The molecule has 2 N–H and O–H groups in total. The molecule has 0 bridgehead atoms. The largest absolute Gasteiger partial charge is 0.478 e. The fraction of sp³-hybridized carbons (Fsp3) is 0.500. The lowest BCUT2D eigenvalue weighted by Gasteiger charge is -2.03. The maximum Gasteiger partial charge on any atom is 0.338 e. The molecule has 0 aliphatic rings. The Morgan fingerprint density at radius 2 is 2.22 bits per heavy atom. The highest BCUT2D eigenvalue weighted by atomic mass is 32.2. The second-order valence-electron chi connectivity index (χ2n) is 3.86. The van der Waals surface area contributed by atoms with Crippen molar-refractivity contribution in [3.05, 3.63) is 16.5 Å². The predicted molar refractivity (Wildman–Crippen MR) is 76.9 cm³/mol. The van der Waals surface area contributed by atoms with E-state index in [4.69, 9.17) is 5.11 Å². The molecule has 0 aliphatic heterocycles. The second-order valence-corrected chi connectivity index (χ2v) is 6.22. The lowest BCUT2D eigenvalue weighted by molar-refractivity contribution is -0.113. The fourth-order valence-corrected chi connectivity index (χ4v) is 3.15. The van der Waals surface area contributed by atoms with Crippen molar-refractivity contribution < 1.29 is 14.7 Å². The van der Waals surface area contributed by atoms with Crippen molar-refractivity contribution in [1.29, 1.82) is 0 Å². The Hall–Kier alpha value is -1.01. The summed E-state index contributed by atoms with van der Waals surface area (Å²) in [5.41, 5.74) is 0.171. The van der Waals surface area contributed by atoms with E-state index in [-0.39, 0.29) is 11.5 Å². The van der Waals surface area contributed by atoms with Gasteiger partial charge in [0.05, 0.1) is 11.3 Å². The number of carbonyl (C=O) groups excluding carboxylic acids is 1. The van der Waals surface area contributed by atoms with Crippen molar-refractivity contribution in [2.45, 2.75) is 26.7 Å². The number of aryl methyl sites for hydroxylation is 1. The molecular formula is C12H17NO3S2. The van der Waals surface area contributed by atoms with Crippen LogP contribution in [0.1, 0.15) is 35.0 Å². The van der Waals surface area contributed by atoms with Crippen LogP contribution in [0.2, 0.25) is 0 Å². The summed E-state index contributed by atoms with van der Waals surface area (Å²) >= 11 is 2.86. The van der Waals surface area contributed by atoms with E-state index < -0.39 is 5.97 Å². The normalized spacial score (nSPS) is 10.3. The standard InChI is InChI=1S/C12H17NO3S2/c1-3-4-5-17-7-10(14)13-11-9(12(15)16)6-8(2)18-11/h6H,3-5,7H2,1-2H3,(H,13,14)(H,15,16). The zero-order valence-electron chi connectivity index (χ0n) is 10.5. The number of rotatable bonds is 7. The Bertz CT molecular complexity index is 429. The highest BCUT2D eigenvalue weighted by Gasteiger charge is 2.15. The van der Waals surface area contributed by atoms with Crippen LogP contribution in [0, 0.1) is 6.92 Å². The van der Waals surface area contributed by atoms with Crippen LogP contribution in [-0.4, -0.2) is 28.5 Å². The third kappa shape index (κ3) is 4.70. The fourth-order valence-electron chi connectivity index (χ4n) is 1.34. The van der Waals surface area contributed by atoms with Crippen LogP contribution in [0.4, 0.5) is 5.00 Å². The molecule has 1 heterocycles. The minimum Gasteiger partial charge on any atom is -0.478 e. The maximum atomic E-state index is 11.6. The minimum atomic E-state index is -1.01. The first-order valence-electron chi connectivity index (χ1n) is 5.76. The van der Waals surface area contributed by atoms with E-state index in [1.54, 1.807) is 17.8 Å². The average molecular weight is 287 g/mol. The molecule has 1 aromatic heterocycles. The molecule has 18 heavy (non-hydrogen) atoms. The smallest absolute Gasteiger partial charge is 0.338 e. The molecule has 0 atom stereocenters. The van der Waals surface area contributed by atoms with Gasteiger partial charge in [0.15, 0.2) is 0 Å². The van der Waals surface area contributed by atoms with Crippen molar-refractivity contribution >= 4 is 40.0 Å². The lowest BCUT2D eigenvalue weighted by atomic mass is 10.3. The minimum absolute atomic E-state index is 0.138. The summed E-state index contributed by atoms with van der Waals surface area (Å²) in [6, 6.07) is 1.58. The number of carboxylic acids is 1. The molecule has 1 aromatic rings. The second kappa shape index (κ2) is 7.43. The van der Waals surface area contributed by atoms with E-state index in [0.717, 1.165) is 23.5 Å². The molecule has 1 rings (SSSR count). The molecule has 0 aliphatic carbocycles. The van der Waals surface area contributed by atoms with E-state index >= 15 is 0 Å². The number of carbonyl (C=O) groups is 2. The molecule has 4 nitrogen and oxygen atoms in total. The summed E-state index contributed by atoms with van der Waals surface area (Å²) in [4.78, 5) is 23.5. The SMILES string of the molecule is CCCCSCC(=O)Nc1sc(C)cc1C(=O)O. The van der Waals surface area contributed by atoms with Gasteiger partial charge in [0, 0.05) is 4.88 Å². The van der Waals surface area contributed by atoms with Crippen LogP contribution in [0.15, 0.2) is 6.07 Å². The van der Waals surface area contributed by atoms with E-state index in [0.29, 0.717) is 10.8 Å². The molecule has 6 heteroatoms. The van der Waals surface area contributed by atoms with Crippen molar-refractivity contribution in [1.82, 2.24) is 0 Å². The van der Waals surface area contributed by atoms with Gasteiger partial charge in [-0.3, -0.25) is 4.79 Å². The van der Waals surface area contributed by atoms with Crippen LogP contribution < -0.4 is 5.32 Å². The van der Waals surface area contributed by atoms with E-state index in [2.05, 4.69) is 12.2 Å². The number of carboxylic acid groups (broad SMARTS) is 1. The van der Waals surface area contributed by atoms with E-state index in [9.17, 15) is 9.59 Å². The first-order chi connectivity index (χ1) is 8.54. The summed E-state index contributed by atoms with van der Waals surface area (Å²) in [6.07, 6.45) is 2.21. The summed E-state index contributed by atoms with van der Waals surface area (Å²) in [5.74, 6) is 0.184. The maximum absolute atomic E-state index is 11.6. The van der Waals surface area contributed by atoms with Crippen molar-refractivity contribution in [3.8, 4) is 0 Å². The molecule has 1 amide bonds. The topological polar surface area (TPSA) is 66.4 Å². The van der Waals surface area contributed by atoms with Crippen molar-refractivity contribution in [2.24, 2.45) is 0 Å². The number of thiophene rings is 1. The quantitative estimate of drug-likeness (QED) is 0.756. The summed E-state index contributed by atoms with van der Waals surface area (Å²) < 4.78 is 0. The van der Waals surface area contributed by atoms with Gasteiger partial charge < -0.3 is 10.4 Å². The molecule has 0 saturated heterocycles. The van der Waals surface area contributed by atoms with E-state index in [1.807, 2.05) is 6.92 Å². The van der Waals surface area contributed by atoms with Gasteiger partial charge in [-0.15, -0.1) is 11.3 Å². The molecular weight excluding hydrogens is 270 g/mol. The van der Waals surface area contributed by atoms with Crippen LogP contribution >= 0.6 is 23.1 Å². The monoisotopic (exact) mass is 287 g/mol. The van der Waals surface area contributed by atoms with Crippen LogP contribution in [0.3, 0.4) is 0 Å². The Morgan fingerprint density at radius 3 is 2.83 bits per heavy atom. The Kier molecular flexibility index (Phi) is 6.21. The van der Waals surface area contributed by atoms with Gasteiger partial charge >= 0.3 is 5.97 Å². The number of amides is 1. The van der Waals surface area contributed by atoms with E-state index in [1.165, 1.54) is 11.3 Å². The number of hydrogen-bond acceptors (Lipinski definition) is 4. The zero-order chi connectivity index (χ0) is 13.5. The summed E-state index contributed by atoms with van der Waals surface area (Å²) in [6.45, 7) is 3.93. The van der Waals surface area contributed by atoms with Gasteiger partial charge in [-0.05, 0) is 25.2 Å². The molecule has 0 aromatic carbocycles. The first kappa shape index (κ1) is 15.0. The molecule has 0 saturated carbocycles. The number of unbranched alkanes of at least 4 members (excludes halogenated alkanes) is 1. The van der Waals surface area contributed by atoms with Crippen LogP contribution in [0.25, 0.3) is 0 Å². The summed E-state index contributed by atoms with van der Waals surface area (Å²) in [5, 5.41) is 12.1. The summed E-state index contributed by atoms with van der Waals surface area (Å²) in [7, 11) is 0. The third-order valence-electron chi connectivity index (χ3n) is 2.21. The number of nitrogens with one attached hydrogen (secondary N) is 1. The highest BCUT2D eigenvalue weighted by Crippen LogP contribution is 2.27. The van der Waals surface area contributed by atoms with Gasteiger partial charge in [0.25, 0.3) is 0 Å². The lowest BCUT2D eigenvalue weighted by Crippen LogP contribution is -2.15. The third-order valence-corrected chi connectivity index (χ3v) is 4.22. The predicted octanol–water partition coefficient (Wildman–Crippen LogP) is 3.23. The van der Waals surface area contributed by atoms with Crippen molar-refractivity contribution in [3.63, 3.8) is 0 Å². The van der Waals surface area contributed by atoms with Gasteiger partial charge in [-0.1, -0.05) is 13.3 Å². The molecule has 0 fully saturated rings. The Morgan fingerprint density at radius 1 is 1.50 bits per heavy atom. The highest BCUT2D eigenvalue weighted by molar-refractivity contribution is 7.99. The average Bonchev–Trinajstić information content (AvgIpc) is 2.66. The Balaban J connectivity index is 2.51. The van der Waals surface area contributed by atoms with Gasteiger partial charge in [0.1, 0.15) is 5.00 Å². The van der Waals surface area contributed by atoms with Crippen molar-refractivity contribution in [2.75, 3.05) is 16.8 Å². The van der Waals surface area contributed by atoms with Gasteiger partial charge in [-0.2, -0.15) is 11.8 Å². The van der Waals surface area contributed by atoms with Gasteiger partial charge in [0.2, 0.25) is 5.91 Å². The van der Waals surface area contributed by atoms with Gasteiger partial charge in [-0.25, -0.2) is 4.79 Å². The number of aromatic carboxylic acids is 1. The Labute approximate surface area is 115 Å². The zero-order valence-corrected chi connectivity index (χ0v) is 12.1. The van der Waals surface area contributed by atoms with Crippen LogP contribution in [0.5, 0.6) is 0 Å². The van der Waals surface area contributed by atoms with Crippen LogP contribution in [-0.2, 0) is 4.79 Å². The first-order valence-corrected chi connectivity index (χ1v) is 7.73. The number of thioether (sulfide) groups is 1. The molecule has 0 unspecified atom stereocenters. The number of hydrogen-bond donors (Lipinski definition) is 2. The molecule has 0 spiro atoms.